The summed E-state index contributed by atoms with van der Waals surface area (Å²) in [5.74, 6) is -0.840. The number of carboxylic acid groups (broad SMARTS) is 1. The lowest BCUT2D eigenvalue weighted by Crippen LogP contribution is -2.10. The van der Waals surface area contributed by atoms with Gasteiger partial charge in [-0.2, -0.15) is 0 Å². The highest BCUT2D eigenvalue weighted by atomic mass is 16.4. The summed E-state index contributed by atoms with van der Waals surface area (Å²) in [6, 6.07) is 7.84. The van der Waals surface area contributed by atoms with Crippen LogP contribution in [0, 0.1) is 0 Å². The lowest BCUT2D eigenvalue weighted by Gasteiger charge is -2.04. The second-order valence-electron chi connectivity index (χ2n) is 4.13. The molecule has 0 aliphatic carbocycles. The highest BCUT2D eigenvalue weighted by Crippen LogP contribution is 2.29. The van der Waals surface area contributed by atoms with Gasteiger partial charge in [-0.15, -0.1) is 0 Å². The molecule has 1 aliphatic rings. The molecule has 18 heavy (non-hydrogen) atoms. The van der Waals surface area contributed by atoms with Gasteiger partial charge in [0.1, 0.15) is 6.54 Å². The maximum atomic E-state index is 11.0. The maximum Gasteiger partial charge on any atom is 0.323 e. The SMILES string of the molecule is O=C(O)Cn1c2c(c3ccccc31)C=CNC=C2. The van der Waals surface area contributed by atoms with Gasteiger partial charge in [-0.1, -0.05) is 18.2 Å². The third kappa shape index (κ3) is 1.59. The standard InChI is InChI=1S/C14H12N2O2/c17-14(18)9-16-12-4-2-1-3-10(12)11-5-7-15-8-6-13(11)16/h1-8,15H,9H2,(H,17,18). The van der Waals surface area contributed by atoms with E-state index < -0.39 is 5.97 Å². The molecule has 0 saturated carbocycles. The molecular formula is C14H12N2O2. The lowest BCUT2D eigenvalue weighted by atomic mass is 10.1. The number of aliphatic carboxylic acids is 1. The fourth-order valence-corrected chi connectivity index (χ4v) is 2.32. The van der Waals surface area contributed by atoms with Gasteiger partial charge in [-0.25, -0.2) is 0 Å². The van der Waals surface area contributed by atoms with Crippen molar-refractivity contribution in [3.8, 4) is 0 Å². The van der Waals surface area contributed by atoms with Gasteiger partial charge in [0.2, 0.25) is 0 Å². The van der Waals surface area contributed by atoms with Crippen LogP contribution < -0.4 is 5.32 Å². The topological polar surface area (TPSA) is 54.3 Å². The molecule has 4 nitrogen and oxygen atoms in total. The zero-order valence-corrected chi connectivity index (χ0v) is 9.63. The van der Waals surface area contributed by atoms with Crippen LogP contribution in [0.5, 0.6) is 0 Å². The predicted octanol–water partition coefficient (Wildman–Crippen LogP) is 2.27. The first-order valence-corrected chi connectivity index (χ1v) is 5.69. The highest BCUT2D eigenvalue weighted by Gasteiger charge is 2.15. The molecule has 0 fully saturated rings. The second-order valence-corrected chi connectivity index (χ2v) is 4.13. The van der Waals surface area contributed by atoms with Crippen LogP contribution in [-0.2, 0) is 11.3 Å². The normalized spacial score (nSPS) is 13.1. The van der Waals surface area contributed by atoms with E-state index in [-0.39, 0.29) is 6.54 Å². The number of para-hydroxylation sites is 1. The van der Waals surface area contributed by atoms with Gasteiger partial charge in [-0.3, -0.25) is 4.79 Å². The van der Waals surface area contributed by atoms with Crippen molar-refractivity contribution in [1.29, 1.82) is 0 Å². The van der Waals surface area contributed by atoms with Crippen molar-refractivity contribution >= 4 is 29.0 Å². The van der Waals surface area contributed by atoms with Crippen LogP contribution in [0.1, 0.15) is 11.3 Å². The zero-order chi connectivity index (χ0) is 12.5. The predicted molar refractivity (Wildman–Crippen MR) is 70.8 cm³/mol. The molecule has 2 N–H and O–H groups in total. The molecule has 0 radical (unpaired) electrons. The van der Waals surface area contributed by atoms with E-state index in [0.29, 0.717) is 0 Å². The number of nitrogens with one attached hydrogen (secondary N) is 1. The molecular weight excluding hydrogens is 228 g/mol. The summed E-state index contributed by atoms with van der Waals surface area (Å²) in [4.78, 5) is 11.0. The van der Waals surface area contributed by atoms with E-state index in [2.05, 4.69) is 5.32 Å². The van der Waals surface area contributed by atoms with E-state index in [0.717, 1.165) is 22.2 Å². The van der Waals surface area contributed by atoms with Crippen molar-refractivity contribution in [2.45, 2.75) is 6.54 Å². The molecule has 2 aromatic rings. The monoisotopic (exact) mass is 240 g/mol. The molecule has 0 amide bonds. The van der Waals surface area contributed by atoms with Gasteiger partial charge in [0.15, 0.2) is 0 Å². The first kappa shape index (κ1) is 10.7. The van der Waals surface area contributed by atoms with Crippen LogP contribution in [0.25, 0.3) is 23.1 Å². The third-order valence-electron chi connectivity index (χ3n) is 3.03. The summed E-state index contributed by atoms with van der Waals surface area (Å²) < 4.78 is 1.82. The van der Waals surface area contributed by atoms with E-state index in [4.69, 9.17) is 5.11 Å². The van der Waals surface area contributed by atoms with Crippen LogP contribution in [0.15, 0.2) is 36.7 Å². The Morgan fingerprint density at radius 3 is 2.83 bits per heavy atom. The Bertz CT molecular complexity index is 680. The number of carboxylic acids is 1. The average Bonchev–Trinajstić information content (AvgIpc) is 2.55. The molecule has 1 aromatic carbocycles. The van der Waals surface area contributed by atoms with Crippen LogP contribution in [0.4, 0.5) is 0 Å². The van der Waals surface area contributed by atoms with E-state index in [1.54, 1.807) is 6.20 Å². The Morgan fingerprint density at radius 2 is 2.00 bits per heavy atom. The fourth-order valence-electron chi connectivity index (χ4n) is 2.32. The molecule has 4 heteroatoms. The Hall–Kier alpha value is -2.49. The van der Waals surface area contributed by atoms with Crippen molar-refractivity contribution in [3.05, 3.63) is 47.9 Å². The number of aromatic nitrogens is 1. The molecule has 1 aliphatic heterocycles. The second kappa shape index (κ2) is 4.07. The molecule has 90 valence electrons. The van der Waals surface area contributed by atoms with Crippen LogP contribution in [0.2, 0.25) is 0 Å². The van der Waals surface area contributed by atoms with Gasteiger partial charge < -0.3 is 15.0 Å². The van der Waals surface area contributed by atoms with Crippen molar-refractivity contribution in [2.75, 3.05) is 0 Å². The summed E-state index contributed by atoms with van der Waals surface area (Å²) in [6.45, 7) is -0.0337. The number of fused-ring (bicyclic) bond motifs is 3. The van der Waals surface area contributed by atoms with E-state index in [9.17, 15) is 4.79 Å². The Kier molecular flexibility index (Phi) is 2.41. The zero-order valence-electron chi connectivity index (χ0n) is 9.63. The number of hydrogen-bond donors (Lipinski definition) is 2. The molecule has 1 aromatic heterocycles. The first-order valence-electron chi connectivity index (χ1n) is 5.69. The molecule has 0 saturated heterocycles. The summed E-state index contributed by atoms with van der Waals surface area (Å²) in [5.41, 5.74) is 2.91. The Balaban J connectivity index is 2.35. The highest BCUT2D eigenvalue weighted by molar-refractivity contribution is 5.95. The minimum Gasteiger partial charge on any atom is -0.480 e. The summed E-state index contributed by atoms with van der Waals surface area (Å²) >= 11 is 0. The lowest BCUT2D eigenvalue weighted by molar-refractivity contribution is -0.137. The van der Waals surface area contributed by atoms with Crippen LogP contribution in [0.3, 0.4) is 0 Å². The molecule has 3 rings (SSSR count). The van der Waals surface area contributed by atoms with E-state index >= 15 is 0 Å². The van der Waals surface area contributed by atoms with E-state index in [1.165, 1.54) is 0 Å². The largest absolute Gasteiger partial charge is 0.480 e. The molecule has 0 atom stereocenters. The van der Waals surface area contributed by atoms with Crippen molar-refractivity contribution in [2.24, 2.45) is 0 Å². The first-order chi connectivity index (χ1) is 8.77. The number of rotatable bonds is 2. The fraction of sp³-hybridized carbons (Fsp3) is 0.0714. The molecule has 2 heterocycles. The minimum absolute atomic E-state index is 0.0337. The third-order valence-corrected chi connectivity index (χ3v) is 3.03. The molecule has 0 spiro atoms. The van der Waals surface area contributed by atoms with E-state index in [1.807, 2.05) is 47.2 Å². The van der Waals surface area contributed by atoms with Crippen molar-refractivity contribution < 1.29 is 9.90 Å². The Labute approximate surface area is 104 Å². The molecule has 0 unspecified atom stereocenters. The minimum atomic E-state index is -0.840. The quantitative estimate of drug-likeness (QED) is 0.846. The summed E-state index contributed by atoms with van der Waals surface area (Å²) in [5, 5.41) is 13.1. The summed E-state index contributed by atoms with van der Waals surface area (Å²) in [7, 11) is 0. The summed E-state index contributed by atoms with van der Waals surface area (Å²) in [6.07, 6.45) is 7.52. The smallest absolute Gasteiger partial charge is 0.323 e. The number of benzene rings is 1. The van der Waals surface area contributed by atoms with Gasteiger partial charge in [-0.05, 0) is 18.2 Å². The van der Waals surface area contributed by atoms with Crippen molar-refractivity contribution in [3.63, 3.8) is 0 Å². The van der Waals surface area contributed by atoms with Gasteiger partial charge in [0, 0.05) is 28.9 Å². The maximum absolute atomic E-state index is 11.0. The molecule has 0 bridgehead atoms. The van der Waals surface area contributed by atoms with Gasteiger partial charge in [0.25, 0.3) is 0 Å². The number of nitrogens with zero attached hydrogens (tertiary/aromatic N) is 1. The van der Waals surface area contributed by atoms with Crippen LogP contribution in [-0.4, -0.2) is 15.6 Å². The number of hydrogen-bond acceptors (Lipinski definition) is 2. The average molecular weight is 240 g/mol. The van der Waals surface area contributed by atoms with Gasteiger partial charge in [0.05, 0.1) is 5.69 Å². The number of carbonyl (C=O) groups is 1. The Morgan fingerprint density at radius 1 is 1.22 bits per heavy atom. The van der Waals surface area contributed by atoms with Crippen LogP contribution >= 0.6 is 0 Å². The van der Waals surface area contributed by atoms with Gasteiger partial charge >= 0.3 is 5.97 Å². The van der Waals surface area contributed by atoms with Crippen molar-refractivity contribution in [1.82, 2.24) is 9.88 Å².